The number of para-hydroxylation sites is 2. The zero-order valence-electron chi connectivity index (χ0n) is 16.8. The molecule has 1 aliphatic carbocycles. The van der Waals surface area contributed by atoms with E-state index in [9.17, 15) is 4.79 Å². The van der Waals surface area contributed by atoms with Crippen molar-refractivity contribution in [3.63, 3.8) is 0 Å². The average Bonchev–Trinajstić information content (AvgIpc) is 3.19. The van der Waals surface area contributed by atoms with Crippen molar-refractivity contribution in [2.75, 3.05) is 18.5 Å². The van der Waals surface area contributed by atoms with Gasteiger partial charge in [-0.15, -0.1) is 0 Å². The van der Waals surface area contributed by atoms with E-state index < -0.39 is 0 Å². The molecule has 5 rings (SSSR count). The van der Waals surface area contributed by atoms with Gasteiger partial charge in [0.05, 0.1) is 18.4 Å². The molecule has 2 aliphatic rings. The Labute approximate surface area is 174 Å². The van der Waals surface area contributed by atoms with Gasteiger partial charge in [-0.1, -0.05) is 12.1 Å². The van der Waals surface area contributed by atoms with E-state index in [1.54, 1.807) is 6.07 Å². The summed E-state index contributed by atoms with van der Waals surface area (Å²) in [5.41, 5.74) is 3.27. The van der Waals surface area contributed by atoms with Crippen LogP contribution in [0.5, 0.6) is 11.5 Å². The second-order valence-electron chi connectivity index (χ2n) is 7.76. The number of benzene rings is 1. The van der Waals surface area contributed by atoms with Gasteiger partial charge in [-0.05, 0) is 43.4 Å². The molecule has 0 fully saturated rings. The molecule has 0 spiro atoms. The number of fused-ring (bicyclic) bond motifs is 2. The lowest BCUT2D eigenvalue weighted by Crippen LogP contribution is -2.35. The molecule has 0 saturated heterocycles. The number of ether oxygens (including phenoxy) is 2. The molecule has 0 bridgehead atoms. The highest BCUT2D eigenvalue weighted by Crippen LogP contribution is 2.30. The van der Waals surface area contributed by atoms with Crippen LogP contribution in [0.2, 0.25) is 0 Å². The molecular weight excluding hydrogens is 382 g/mol. The topological polar surface area (TPSA) is 94.1 Å². The van der Waals surface area contributed by atoms with Gasteiger partial charge in [0.2, 0.25) is 5.95 Å². The fraction of sp³-hybridized carbons (Fsp3) is 0.409. The summed E-state index contributed by atoms with van der Waals surface area (Å²) in [7, 11) is 0. The lowest BCUT2D eigenvalue weighted by molar-refractivity contribution is 0.0996. The number of hydrogen-bond donors (Lipinski definition) is 2. The van der Waals surface area contributed by atoms with Crippen LogP contribution in [0, 0.1) is 0 Å². The number of hydrogen-bond acceptors (Lipinski definition) is 6. The molecule has 2 aromatic heterocycles. The highest BCUT2D eigenvalue weighted by Gasteiger charge is 2.20. The minimum Gasteiger partial charge on any atom is -0.486 e. The monoisotopic (exact) mass is 407 g/mol. The van der Waals surface area contributed by atoms with Crippen LogP contribution >= 0.6 is 0 Å². The summed E-state index contributed by atoms with van der Waals surface area (Å²) in [6, 6.07) is 9.16. The summed E-state index contributed by atoms with van der Waals surface area (Å²) >= 11 is 0. The van der Waals surface area contributed by atoms with Crippen LogP contribution in [-0.2, 0) is 25.8 Å². The van der Waals surface area contributed by atoms with Crippen LogP contribution in [0.25, 0.3) is 0 Å². The maximum absolute atomic E-state index is 12.1. The first-order chi connectivity index (χ1) is 14.7. The van der Waals surface area contributed by atoms with E-state index >= 15 is 0 Å². The molecule has 1 unspecified atom stereocenters. The molecule has 3 aromatic rings. The molecular formula is C22H25N5O3. The summed E-state index contributed by atoms with van der Waals surface area (Å²) in [6.45, 7) is 1.65. The Balaban J connectivity index is 1.21. The minimum atomic E-state index is -0.170. The Morgan fingerprint density at radius 2 is 2.07 bits per heavy atom. The Morgan fingerprint density at radius 3 is 3.00 bits per heavy atom. The van der Waals surface area contributed by atoms with Gasteiger partial charge in [0.15, 0.2) is 11.5 Å². The van der Waals surface area contributed by atoms with Gasteiger partial charge in [-0.3, -0.25) is 14.5 Å². The minimum absolute atomic E-state index is 0.163. The number of aromatic nitrogens is 4. The van der Waals surface area contributed by atoms with Gasteiger partial charge in [0, 0.05) is 24.7 Å². The first-order valence-corrected chi connectivity index (χ1v) is 10.5. The number of rotatable bonds is 6. The maximum atomic E-state index is 12.1. The van der Waals surface area contributed by atoms with Gasteiger partial charge in [0.25, 0.3) is 5.56 Å². The quantitative estimate of drug-likeness (QED) is 0.651. The zero-order valence-corrected chi connectivity index (χ0v) is 16.8. The Kier molecular flexibility index (Phi) is 5.13. The van der Waals surface area contributed by atoms with E-state index in [-0.39, 0.29) is 11.7 Å². The number of nitrogens with zero attached hydrogens (tertiary/aromatic N) is 3. The first kappa shape index (κ1) is 18.7. The third kappa shape index (κ3) is 4.03. The molecule has 8 nitrogen and oxygen atoms in total. The molecule has 0 saturated carbocycles. The van der Waals surface area contributed by atoms with Crippen molar-refractivity contribution in [3.05, 3.63) is 63.8 Å². The van der Waals surface area contributed by atoms with E-state index in [0.29, 0.717) is 25.5 Å². The Morgan fingerprint density at radius 1 is 1.20 bits per heavy atom. The molecule has 8 heteroatoms. The zero-order chi connectivity index (χ0) is 20.3. The van der Waals surface area contributed by atoms with E-state index in [1.165, 1.54) is 24.1 Å². The first-order valence-electron chi connectivity index (χ1n) is 10.5. The second-order valence-corrected chi connectivity index (χ2v) is 7.76. The van der Waals surface area contributed by atoms with Crippen molar-refractivity contribution in [2.45, 2.75) is 44.8 Å². The molecule has 1 aliphatic heterocycles. The lowest BCUT2D eigenvalue weighted by atomic mass is 9.98. The molecule has 156 valence electrons. The van der Waals surface area contributed by atoms with Gasteiger partial charge in [-0.2, -0.15) is 5.10 Å². The molecule has 1 atom stereocenters. The third-order valence-electron chi connectivity index (χ3n) is 5.58. The SMILES string of the molecule is O=c1cc(CCn2ncc3c2CCCC3)nc(NCC2COc3ccccc3O2)[nH]1. The summed E-state index contributed by atoms with van der Waals surface area (Å²) in [6.07, 6.45) is 7.13. The standard InChI is InChI=1S/C22H25N5O3/c28-21-11-16(9-10-27-18-6-2-1-5-15(18)12-24-27)25-22(26-21)23-13-17-14-29-19-7-3-4-8-20(19)30-17/h3-4,7-8,11-12,17H,1-2,5-6,9-10,13-14H2,(H2,23,25,26,28). The fourth-order valence-corrected chi connectivity index (χ4v) is 4.06. The number of aryl methyl sites for hydroxylation is 3. The highest BCUT2D eigenvalue weighted by atomic mass is 16.6. The van der Waals surface area contributed by atoms with Crippen molar-refractivity contribution in [2.24, 2.45) is 0 Å². The van der Waals surface area contributed by atoms with Crippen molar-refractivity contribution in [3.8, 4) is 11.5 Å². The van der Waals surface area contributed by atoms with Gasteiger partial charge in [-0.25, -0.2) is 4.98 Å². The van der Waals surface area contributed by atoms with Crippen LogP contribution < -0.4 is 20.3 Å². The summed E-state index contributed by atoms with van der Waals surface area (Å²) in [5.74, 6) is 1.93. The smallest absolute Gasteiger partial charge is 0.252 e. The number of H-pyrrole nitrogens is 1. The number of aromatic amines is 1. The van der Waals surface area contributed by atoms with E-state index in [2.05, 4.69) is 25.1 Å². The Hall–Kier alpha value is -3.29. The van der Waals surface area contributed by atoms with Crippen LogP contribution in [-0.4, -0.2) is 39.0 Å². The van der Waals surface area contributed by atoms with Crippen molar-refractivity contribution in [1.29, 1.82) is 0 Å². The maximum Gasteiger partial charge on any atom is 0.252 e. The molecule has 1 aromatic carbocycles. The van der Waals surface area contributed by atoms with Gasteiger partial charge in [0.1, 0.15) is 12.7 Å². The van der Waals surface area contributed by atoms with Gasteiger partial charge < -0.3 is 14.8 Å². The number of nitrogens with one attached hydrogen (secondary N) is 2. The lowest BCUT2D eigenvalue weighted by Gasteiger charge is -2.26. The highest BCUT2D eigenvalue weighted by molar-refractivity contribution is 5.41. The van der Waals surface area contributed by atoms with E-state index in [0.717, 1.165) is 36.6 Å². The van der Waals surface area contributed by atoms with Crippen LogP contribution in [0.15, 0.2) is 41.3 Å². The molecule has 0 amide bonds. The van der Waals surface area contributed by atoms with Crippen LogP contribution in [0.3, 0.4) is 0 Å². The normalized spacial score (nSPS) is 17.4. The van der Waals surface area contributed by atoms with E-state index in [4.69, 9.17) is 9.47 Å². The van der Waals surface area contributed by atoms with Crippen LogP contribution in [0.1, 0.15) is 29.8 Å². The molecule has 0 radical (unpaired) electrons. The van der Waals surface area contributed by atoms with Crippen molar-refractivity contribution in [1.82, 2.24) is 19.7 Å². The molecule has 3 heterocycles. The Bertz CT molecular complexity index is 1090. The summed E-state index contributed by atoms with van der Waals surface area (Å²) in [5, 5.41) is 7.71. The average molecular weight is 407 g/mol. The number of anilines is 1. The van der Waals surface area contributed by atoms with Gasteiger partial charge >= 0.3 is 0 Å². The third-order valence-corrected chi connectivity index (χ3v) is 5.58. The predicted molar refractivity (Wildman–Crippen MR) is 112 cm³/mol. The summed E-state index contributed by atoms with van der Waals surface area (Å²) < 4.78 is 13.7. The van der Waals surface area contributed by atoms with Crippen LogP contribution in [0.4, 0.5) is 5.95 Å². The molecule has 30 heavy (non-hydrogen) atoms. The van der Waals surface area contributed by atoms with Crippen molar-refractivity contribution >= 4 is 5.95 Å². The van der Waals surface area contributed by atoms with Crippen molar-refractivity contribution < 1.29 is 9.47 Å². The largest absolute Gasteiger partial charge is 0.486 e. The second kappa shape index (κ2) is 8.22. The molecule has 2 N–H and O–H groups in total. The fourth-order valence-electron chi connectivity index (χ4n) is 4.06. The predicted octanol–water partition coefficient (Wildman–Crippen LogP) is 2.34. The summed E-state index contributed by atoms with van der Waals surface area (Å²) in [4.78, 5) is 19.4. The van der Waals surface area contributed by atoms with E-state index in [1.807, 2.05) is 30.5 Å².